The minimum atomic E-state index is -0.715. The summed E-state index contributed by atoms with van der Waals surface area (Å²) in [6.45, 7) is 11.6. The van der Waals surface area contributed by atoms with E-state index in [0.717, 1.165) is 0 Å². The van der Waals surface area contributed by atoms with Gasteiger partial charge in [0.25, 0.3) is 5.91 Å². The zero-order chi connectivity index (χ0) is 56.4. The van der Waals surface area contributed by atoms with Gasteiger partial charge in [-0.1, -0.05) is 18.2 Å². The molecule has 12 N–H and O–H groups in total. The number of carbonyl (C=O) groups is 6. The number of amides is 3. The maximum atomic E-state index is 13.8. The zero-order valence-electron chi connectivity index (χ0n) is 44.1. The minimum absolute atomic E-state index is 0.0525. The quantitative estimate of drug-likeness (QED) is 0.0122. The van der Waals surface area contributed by atoms with Crippen LogP contribution in [-0.4, -0.2) is 135 Å². The van der Waals surface area contributed by atoms with Crippen LogP contribution in [-0.2, 0) is 36.9 Å². The molecule has 0 saturated heterocycles. The minimum Gasteiger partial charge on any atom is -0.491 e. The second-order valence-electron chi connectivity index (χ2n) is 15.4. The number of carbonyl (C=O) groups excluding carboxylic acids is 6. The first-order valence-electron chi connectivity index (χ1n) is 23.8. The predicted octanol–water partition coefficient (Wildman–Crippen LogP) is 3.60. The number of nitrogens with zero attached hydrogens (tertiary/aromatic N) is 7. The van der Waals surface area contributed by atoms with E-state index >= 15 is 0 Å². The molecule has 0 aliphatic rings. The van der Waals surface area contributed by atoms with Gasteiger partial charge in [-0.3, -0.25) is 44.0 Å². The highest BCUT2D eigenvalue weighted by atomic mass is 16.5. The van der Waals surface area contributed by atoms with Gasteiger partial charge in [-0.25, -0.2) is 4.98 Å². The van der Waals surface area contributed by atoms with E-state index in [1.165, 1.54) is 57.9 Å². The van der Waals surface area contributed by atoms with Crippen molar-refractivity contribution in [3.63, 3.8) is 0 Å². The number of fused-ring (bicyclic) bond motifs is 1. The van der Waals surface area contributed by atoms with E-state index in [9.17, 15) is 24.0 Å². The number of aromatic nitrogens is 4. The third kappa shape index (κ3) is 20.8. The second-order valence-corrected chi connectivity index (χ2v) is 15.4. The molecule has 25 heteroatoms. The van der Waals surface area contributed by atoms with Crippen molar-refractivity contribution in [1.82, 2.24) is 30.1 Å². The van der Waals surface area contributed by atoms with Gasteiger partial charge in [0.1, 0.15) is 41.8 Å². The standard InChI is InChI=1S/C49H64N14O9.CH5N.CH2O/c1-7-57-60-32(3)15-13-20-55-37-26-34(46(51)66)28-40(71-24-14-16-42(64)69-5)44(37)56-19-9-11-22-62-45-38(58-49(62)59-48(68)39-25-33(4)61-63(39)8-2)27-35(47(52)67)29-41(45)72-23-12-10-18-53-31-36(30-50)54-21-17-43(65)70-6;2*1-2/h9-13,15,20,25-31,54,56-57H,7-8,14,16-19,21-24,50H2,1-6H3,(H2,51,66)(H2,52,67)(H,58,59,68);2H2,1H3;1H2/b11-9+,12-10+,15-13+,36-30+,53-31?,55-20?,60-32-;;. The third-order valence-electron chi connectivity index (χ3n) is 10.0. The number of methoxy groups -OCH3 is 2. The molecule has 410 valence electrons. The van der Waals surface area contributed by atoms with Crippen LogP contribution in [0.15, 0.2) is 93.8 Å². The number of aliphatic imine (C=N–C) groups is 2. The maximum absolute atomic E-state index is 13.8. The summed E-state index contributed by atoms with van der Waals surface area (Å²) in [5.74, 6) is -1.95. The highest BCUT2D eigenvalue weighted by molar-refractivity contribution is 6.04. The van der Waals surface area contributed by atoms with Gasteiger partial charge in [0.15, 0.2) is 0 Å². The molecule has 0 atom stereocenters. The molecule has 0 aliphatic carbocycles. The summed E-state index contributed by atoms with van der Waals surface area (Å²) < 4.78 is 25.1. The Morgan fingerprint density at radius 3 is 2.25 bits per heavy atom. The average Bonchev–Trinajstić information content (AvgIpc) is 3.99. The van der Waals surface area contributed by atoms with Crippen molar-refractivity contribution < 1.29 is 47.7 Å². The van der Waals surface area contributed by atoms with E-state index in [1.807, 2.05) is 39.7 Å². The first-order valence-corrected chi connectivity index (χ1v) is 23.8. The fourth-order valence-electron chi connectivity index (χ4n) is 6.55. The molecule has 0 bridgehead atoms. The summed E-state index contributed by atoms with van der Waals surface area (Å²) in [5, 5.41) is 17.9. The molecular formula is C51H71N15O10. The van der Waals surface area contributed by atoms with Gasteiger partial charge in [0.05, 0.1) is 62.1 Å². The molecule has 2 aromatic heterocycles. The first kappa shape index (κ1) is 63.0. The molecule has 0 saturated carbocycles. The highest BCUT2D eigenvalue weighted by Crippen LogP contribution is 2.37. The Bertz CT molecular complexity index is 2770. The molecule has 2 aromatic carbocycles. The smallest absolute Gasteiger partial charge is 0.307 e. The lowest BCUT2D eigenvalue weighted by Gasteiger charge is -2.16. The molecule has 0 radical (unpaired) electrons. The van der Waals surface area contributed by atoms with Crippen LogP contribution in [0.25, 0.3) is 11.0 Å². The number of imidazole rings is 1. The average molecular weight is 1050 g/mol. The summed E-state index contributed by atoms with van der Waals surface area (Å²) >= 11 is 0. The Hall–Kier alpha value is -9.13. The number of nitrogens with two attached hydrogens (primary N) is 4. The van der Waals surface area contributed by atoms with Crippen LogP contribution in [0.2, 0.25) is 0 Å². The van der Waals surface area contributed by atoms with E-state index < -0.39 is 23.7 Å². The zero-order valence-corrected chi connectivity index (χ0v) is 44.1. The number of rotatable bonds is 30. The Balaban J connectivity index is 0.00000482. The van der Waals surface area contributed by atoms with Crippen molar-refractivity contribution in [3.8, 4) is 11.5 Å². The number of hydrogen-bond donors (Lipinski definition) is 8. The Morgan fingerprint density at radius 1 is 0.882 bits per heavy atom. The van der Waals surface area contributed by atoms with Crippen LogP contribution in [0.5, 0.6) is 11.5 Å². The number of hydrazone groups is 1. The molecule has 0 unspecified atom stereocenters. The van der Waals surface area contributed by atoms with Crippen LogP contribution < -0.4 is 53.8 Å². The lowest BCUT2D eigenvalue weighted by molar-refractivity contribution is -0.141. The van der Waals surface area contributed by atoms with Gasteiger partial charge >= 0.3 is 11.9 Å². The summed E-state index contributed by atoms with van der Waals surface area (Å²) in [5.41, 5.74) is 28.6. The number of hydrogen-bond acceptors (Lipinski definition) is 20. The Labute approximate surface area is 441 Å². The molecular weight excluding hydrogens is 983 g/mol. The molecule has 4 rings (SSSR count). The number of aryl methyl sites for hydroxylation is 2. The van der Waals surface area contributed by atoms with E-state index in [1.54, 1.807) is 52.8 Å². The lowest BCUT2D eigenvalue weighted by Crippen LogP contribution is -2.20. The molecule has 0 aliphatic heterocycles. The van der Waals surface area contributed by atoms with Crippen molar-refractivity contribution in [2.24, 2.45) is 38.0 Å². The number of nitrogens with one attached hydrogen (secondary N) is 4. The Kier molecular flexibility index (Phi) is 29.1. The second kappa shape index (κ2) is 35.1. The van der Waals surface area contributed by atoms with E-state index in [4.69, 9.17) is 41.2 Å². The lowest BCUT2D eigenvalue weighted by atomic mass is 10.1. The molecule has 76 heavy (non-hydrogen) atoms. The van der Waals surface area contributed by atoms with Crippen LogP contribution in [0.3, 0.4) is 0 Å². The fourth-order valence-corrected chi connectivity index (χ4v) is 6.55. The van der Waals surface area contributed by atoms with Crippen molar-refractivity contribution in [1.29, 1.82) is 0 Å². The predicted molar refractivity (Wildman–Crippen MR) is 294 cm³/mol. The largest absolute Gasteiger partial charge is 0.491 e. The molecule has 2 heterocycles. The molecule has 3 amide bonds. The van der Waals surface area contributed by atoms with Crippen LogP contribution in [0.4, 0.5) is 17.3 Å². The van der Waals surface area contributed by atoms with Gasteiger partial charge < -0.3 is 67.3 Å². The van der Waals surface area contributed by atoms with E-state index in [0.29, 0.717) is 71.3 Å². The monoisotopic (exact) mass is 1050 g/mol. The molecule has 25 nitrogen and oxygen atoms in total. The normalized spacial score (nSPS) is 11.6. The van der Waals surface area contributed by atoms with Gasteiger partial charge in [0.2, 0.25) is 17.8 Å². The van der Waals surface area contributed by atoms with Crippen molar-refractivity contribution in [2.75, 3.05) is 71.3 Å². The van der Waals surface area contributed by atoms with E-state index in [2.05, 4.69) is 52.0 Å². The van der Waals surface area contributed by atoms with Crippen molar-refractivity contribution >= 4 is 82.9 Å². The van der Waals surface area contributed by atoms with Gasteiger partial charge in [-0.15, -0.1) is 0 Å². The summed E-state index contributed by atoms with van der Waals surface area (Å²) in [7, 11) is 4.12. The number of esters is 2. The SMILES string of the molecule is C=O.CCN/N=C(C)\C=C\C=Nc1cc(C(N)=O)cc(OCCCC(=O)OC)c1NC/C=C/Cn1c(NC(=O)c2cc(C)nn2CC)nc2cc(C(N)=O)cc(OC/C=C/CN=C/C(=C\N)NCCC(=O)OC)c21.CN. The highest BCUT2D eigenvalue weighted by Gasteiger charge is 2.22. The van der Waals surface area contributed by atoms with E-state index in [-0.39, 0.29) is 80.2 Å². The van der Waals surface area contributed by atoms with Gasteiger partial charge in [0, 0.05) is 68.9 Å². The molecule has 4 aromatic rings. The molecule has 0 spiro atoms. The summed E-state index contributed by atoms with van der Waals surface area (Å²) in [6.07, 6.45) is 15.6. The summed E-state index contributed by atoms with van der Waals surface area (Å²) in [4.78, 5) is 83.8. The van der Waals surface area contributed by atoms with Gasteiger partial charge in [-0.2, -0.15) is 10.2 Å². The number of ether oxygens (including phenoxy) is 4. The Morgan fingerprint density at radius 2 is 1.58 bits per heavy atom. The van der Waals surface area contributed by atoms with Gasteiger partial charge in [-0.05, 0) is 89.7 Å². The van der Waals surface area contributed by atoms with Crippen LogP contribution in [0, 0.1) is 6.92 Å². The number of benzene rings is 2. The van der Waals surface area contributed by atoms with Crippen molar-refractivity contribution in [2.45, 2.75) is 60.0 Å². The number of anilines is 2. The number of primary amides is 2. The third-order valence-corrected chi connectivity index (χ3v) is 10.0. The molecule has 0 fully saturated rings. The first-order chi connectivity index (χ1) is 36.7. The maximum Gasteiger partial charge on any atom is 0.307 e. The summed E-state index contributed by atoms with van der Waals surface area (Å²) in [6, 6.07) is 7.74. The van der Waals surface area contributed by atoms with Crippen molar-refractivity contribution in [3.05, 3.63) is 101 Å². The van der Waals surface area contributed by atoms with Crippen LogP contribution >= 0.6 is 0 Å². The fraction of sp³-hybridized carbons (Fsp3) is 0.353. The number of allylic oxidation sites excluding steroid dienone is 4. The topological polar surface area (TPSA) is 364 Å². The van der Waals surface area contributed by atoms with Crippen LogP contribution in [0.1, 0.15) is 76.9 Å².